The van der Waals surface area contributed by atoms with Crippen molar-refractivity contribution in [3.63, 3.8) is 0 Å². The zero-order valence-electron chi connectivity index (χ0n) is 9.93. The lowest BCUT2D eigenvalue weighted by Gasteiger charge is -1.99. The predicted octanol–water partition coefficient (Wildman–Crippen LogP) is 1.97. The summed E-state index contributed by atoms with van der Waals surface area (Å²) in [6.07, 6.45) is 0.661. The Kier molecular flexibility index (Phi) is 3.72. The molecule has 0 aliphatic rings. The molecule has 0 aliphatic carbocycles. The lowest BCUT2D eigenvalue weighted by Crippen LogP contribution is -1.96. The molecule has 2 aromatic rings. The summed E-state index contributed by atoms with van der Waals surface area (Å²) in [7, 11) is 3.53. The first kappa shape index (κ1) is 11.6. The SMILES string of the molecule is CNc1ccc(-c2nc(CCOC)no2)cc1. The maximum atomic E-state index is 5.18. The van der Waals surface area contributed by atoms with Crippen LogP contribution in [0.25, 0.3) is 11.5 Å². The van der Waals surface area contributed by atoms with Crippen LogP contribution in [0.1, 0.15) is 5.82 Å². The normalized spacial score (nSPS) is 10.5. The van der Waals surface area contributed by atoms with Gasteiger partial charge < -0.3 is 14.6 Å². The van der Waals surface area contributed by atoms with E-state index >= 15 is 0 Å². The molecule has 5 heteroatoms. The lowest BCUT2D eigenvalue weighted by atomic mass is 10.2. The van der Waals surface area contributed by atoms with Crippen LogP contribution in [-0.4, -0.2) is 30.9 Å². The molecule has 1 N–H and O–H groups in total. The van der Waals surface area contributed by atoms with Crippen LogP contribution in [0.4, 0.5) is 5.69 Å². The van der Waals surface area contributed by atoms with Crippen molar-refractivity contribution >= 4 is 5.69 Å². The first-order valence-corrected chi connectivity index (χ1v) is 5.43. The summed E-state index contributed by atoms with van der Waals surface area (Å²) in [5.41, 5.74) is 1.97. The van der Waals surface area contributed by atoms with Gasteiger partial charge >= 0.3 is 0 Å². The number of ether oxygens (including phenoxy) is 1. The Hall–Kier alpha value is -1.88. The summed E-state index contributed by atoms with van der Waals surface area (Å²) in [4.78, 5) is 4.30. The molecule has 0 saturated heterocycles. The van der Waals surface area contributed by atoms with Crippen molar-refractivity contribution in [1.82, 2.24) is 10.1 Å². The number of nitrogens with zero attached hydrogens (tertiary/aromatic N) is 2. The number of aromatic nitrogens is 2. The van der Waals surface area contributed by atoms with Gasteiger partial charge in [0.25, 0.3) is 5.89 Å². The van der Waals surface area contributed by atoms with Crippen molar-refractivity contribution in [2.24, 2.45) is 0 Å². The molecule has 0 bridgehead atoms. The number of methoxy groups -OCH3 is 1. The van der Waals surface area contributed by atoms with Gasteiger partial charge in [0.15, 0.2) is 5.82 Å². The molecular weight excluding hydrogens is 218 g/mol. The summed E-state index contributed by atoms with van der Waals surface area (Å²) in [6.45, 7) is 0.595. The van der Waals surface area contributed by atoms with E-state index in [1.165, 1.54) is 0 Å². The molecule has 90 valence electrons. The van der Waals surface area contributed by atoms with Crippen LogP contribution in [0.5, 0.6) is 0 Å². The molecular formula is C12H15N3O2. The van der Waals surface area contributed by atoms with Gasteiger partial charge in [0.1, 0.15) is 0 Å². The first-order chi connectivity index (χ1) is 8.33. The summed E-state index contributed by atoms with van der Waals surface area (Å²) in [6, 6.07) is 7.82. The van der Waals surface area contributed by atoms with E-state index in [0.717, 1.165) is 11.3 Å². The maximum absolute atomic E-state index is 5.18. The molecule has 0 aliphatic heterocycles. The van der Waals surface area contributed by atoms with E-state index in [1.807, 2.05) is 31.3 Å². The van der Waals surface area contributed by atoms with Crippen molar-refractivity contribution < 1.29 is 9.26 Å². The van der Waals surface area contributed by atoms with Crippen molar-refractivity contribution in [3.05, 3.63) is 30.1 Å². The van der Waals surface area contributed by atoms with E-state index in [1.54, 1.807) is 7.11 Å². The van der Waals surface area contributed by atoms with Crippen molar-refractivity contribution in [2.45, 2.75) is 6.42 Å². The molecule has 1 aromatic heterocycles. The fraction of sp³-hybridized carbons (Fsp3) is 0.333. The largest absolute Gasteiger partial charge is 0.388 e. The molecule has 0 radical (unpaired) electrons. The van der Waals surface area contributed by atoms with Crippen LogP contribution in [0.15, 0.2) is 28.8 Å². The van der Waals surface area contributed by atoms with Gasteiger partial charge in [-0.15, -0.1) is 0 Å². The summed E-state index contributed by atoms with van der Waals surface area (Å²) < 4.78 is 10.1. The molecule has 1 heterocycles. The van der Waals surface area contributed by atoms with Crippen LogP contribution in [0, 0.1) is 0 Å². The first-order valence-electron chi connectivity index (χ1n) is 5.43. The maximum Gasteiger partial charge on any atom is 0.257 e. The number of hydrogen-bond donors (Lipinski definition) is 1. The Morgan fingerprint density at radius 3 is 2.71 bits per heavy atom. The van der Waals surface area contributed by atoms with Crippen molar-refractivity contribution in [2.75, 3.05) is 26.1 Å². The third kappa shape index (κ3) is 2.82. The Morgan fingerprint density at radius 1 is 1.29 bits per heavy atom. The second-order valence-corrected chi connectivity index (χ2v) is 3.59. The third-order valence-electron chi connectivity index (χ3n) is 2.42. The van der Waals surface area contributed by atoms with Gasteiger partial charge in [0, 0.05) is 31.8 Å². The van der Waals surface area contributed by atoms with Gasteiger partial charge in [-0.05, 0) is 24.3 Å². The molecule has 0 spiro atoms. The van der Waals surface area contributed by atoms with E-state index in [9.17, 15) is 0 Å². The monoisotopic (exact) mass is 233 g/mol. The number of anilines is 1. The Labute approximate surface area is 99.8 Å². The minimum absolute atomic E-state index is 0.541. The fourth-order valence-electron chi connectivity index (χ4n) is 1.45. The molecule has 1 aromatic carbocycles. The molecule has 0 fully saturated rings. The minimum atomic E-state index is 0.541. The lowest BCUT2D eigenvalue weighted by molar-refractivity contribution is 0.199. The number of nitrogens with one attached hydrogen (secondary N) is 1. The second-order valence-electron chi connectivity index (χ2n) is 3.59. The van der Waals surface area contributed by atoms with E-state index in [0.29, 0.717) is 24.7 Å². The van der Waals surface area contributed by atoms with E-state index < -0.39 is 0 Å². The molecule has 0 amide bonds. The molecule has 0 atom stereocenters. The molecule has 2 rings (SSSR count). The van der Waals surface area contributed by atoms with Gasteiger partial charge in [-0.1, -0.05) is 5.16 Å². The number of rotatable bonds is 5. The topological polar surface area (TPSA) is 60.2 Å². The summed E-state index contributed by atoms with van der Waals surface area (Å²) in [5.74, 6) is 1.21. The average molecular weight is 233 g/mol. The van der Waals surface area contributed by atoms with Crippen LogP contribution >= 0.6 is 0 Å². The Balaban J connectivity index is 2.12. The van der Waals surface area contributed by atoms with E-state index in [4.69, 9.17) is 9.26 Å². The van der Waals surface area contributed by atoms with Gasteiger partial charge in [-0.2, -0.15) is 4.98 Å². The fourth-order valence-corrected chi connectivity index (χ4v) is 1.45. The highest BCUT2D eigenvalue weighted by Gasteiger charge is 2.08. The van der Waals surface area contributed by atoms with Crippen LogP contribution in [0.2, 0.25) is 0 Å². The van der Waals surface area contributed by atoms with Crippen LogP contribution in [0.3, 0.4) is 0 Å². The Morgan fingerprint density at radius 2 is 2.06 bits per heavy atom. The highest BCUT2D eigenvalue weighted by Crippen LogP contribution is 2.19. The molecule has 17 heavy (non-hydrogen) atoms. The number of benzene rings is 1. The standard InChI is InChI=1S/C12H15N3O2/c1-13-10-5-3-9(4-6-10)12-14-11(15-17-12)7-8-16-2/h3-6,13H,7-8H2,1-2H3. The van der Waals surface area contributed by atoms with Crippen LogP contribution in [-0.2, 0) is 11.2 Å². The van der Waals surface area contributed by atoms with E-state index in [2.05, 4.69) is 15.5 Å². The summed E-state index contributed by atoms with van der Waals surface area (Å²) >= 11 is 0. The smallest absolute Gasteiger partial charge is 0.257 e. The van der Waals surface area contributed by atoms with Gasteiger partial charge in [0.05, 0.1) is 6.61 Å². The Bertz CT molecular complexity index is 465. The molecule has 5 nitrogen and oxygen atoms in total. The van der Waals surface area contributed by atoms with Gasteiger partial charge in [0.2, 0.25) is 0 Å². The quantitative estimate of drug-likeness (QED) is 0.855. The van der Waals surface area contributed by atoms with E-state index in [-0.39, 0.29) is 0 Å². The molecule has 0 saturated carbocycles. The predicted molar refractivity (Wildman–Crippen MR) is 64.9 cm³/mol. The zero-order valence-corrected chi connectivity index (χ0v) is 9.93. The third-order valence-corrected chi connectivity index (χ3v) is 2.42. The minimum Gasteiger partial charge on any atom is -0.388 e. The highest BCUT2D eigenvalue weighted by atomic mass is 16.5. The highest BCUT2D eigenvalue weighted by molar-refractivity contribution is 5.58. The zero-order chi connectivity index (χ0) is 12.1. The van der Waals surface area contributed by atoms with Crippen molar-refractivity contribution in [1.29, 1.82) is 0 Å². The van der Waals surface area contributed by atoms with Crippen molar-refractivity contribution in [3.8, 4) is 11.5 Å². The average Bonchev–Trinajstić information content (AvgIpc) is 2.85. The number of hydrogen-bond acceptors (Lipinski definition) is 5. The van der Waals surface area contributed by atoms with Crippen LogP contribution < -0.4 is 5.32 Å². The van der Waals surface area contributed by atoms with Gasteiger partial charge in [-0.25, -0.2) is 0 Å². The summed E-state index contributed by atoms with van der Waals surface area (Å²) in [5, 5.41) is 6.95. The molecule has 0 unspecified atom stereocenters. The second kappa shape index (κ2) is 5.45. The van der Waals surface area contributed by atoms with Gasteiger partial charge in [-0.3, -0.25) is 0 Å².